The number of benzene rings is 1. The molecule has 3 atom stereocenters. The number of hydrogen-bond acceptors (Lipinski definition) is 2. The second kappa shape index (κ2) is 9.37. The molecule has 0 heterocycles. The van der Waals surface area contributed by atoms with E-state index < -0.39 is 0 Å². The van der Waals surface area contributed by atoms with Gasteiger partial charge in [0.1, 0.15) is 0 Å². The SMILES string of the molecule is COCCCCCC[C@H]1CCc2cc([C@H]3CC[C@](C)(CO)C3)ccc2C1. The van der Waals surface area contributed by atoms with Gasteiger partial charge in [-0.2, -0.15) is 0 Å². The van der Waals surface area contributed by atoms with Gasteiger partial charge in [-0.1, -0.05) is 50.8 Å². The van der Waals surface area contributed by atoms with Crippen molar-refractivity contribution in [3.8, 4) is 0 Å². The second-order valence-electron chi connectivity index (χ2n) is 9.24. The van der Waals surface area contributed by atoms with Crippen LogP contribution in [-0.4, -0.2) is 25.4 Å². The van der Waals surface area contributed by atoms with Gasteiger partial charge in [0.25, 0.3) is 0 Å². The number of methoxy groups -OCH3 is 1. The first-order valence-corrected chi connectivity index (χ1v) is 10.8. The number of ether oxygens (including phenoxy) is 1. The van der Waals surface area contributed by atoms with Gasteiger partial charge in [-0.25, -0.2) is 0 Å². The van der Waals surface area contributed by atoms with Crippen LogP contribution >= 0.6 is 0 Å². The summed E-state index contributed by atoms with van der Waals surface area (Å²) < 4.78 is 5.13. The highest BCUT2D eigenvalue weighted by atomic mass is 16.5. The maximum Gasteiger partial charge on any atom is 0.0484 e. The van der Waals surface area contributed by atoms with Crippen molar-refractivity contribution >= 4 is 0 Å². The van der Waals surface area contributed by atoms with Crippen LogP contribution in [0.3, 0.4) is 0 Å². The zero-order valence-corrected chi connectivity index (χ0v) is 16.9. The van der Waals surface area contributed by atoms with E-state index in [0.717, 1.165) is 25.4 Å². The maximum atomic E-state index is 9.64. The van der Waals surface area contributed by atoms with Gasteiger partial charge in [-0.3, -0.25) is 0 Å². The second-order valence-corrected chi connectivity index (χ2v) is 9.24. The summed E-state index contributed by atoms with van der Waals surface area (Å²) in [4.78, 5) is 0. The number of hydrogen-bond donors (Lipinski definition) is 1. The van der Waals surface area contributed by atoms with Crippen molar-refractivity contribution in [2.75, 3.05) is 20.3 Å². The van der Waals surface area contributed by atoms with E-state index in [4.69, 9.17) is 4.74 Å². The topological polar surface area (TPSA) is 29.5 Å². The summed E-state index contributed by atoms with van der Waals surface area (Å²) in [6.07, 6.45) is 14.1. The van der Waals surface area contributed by atoms with Gasteiger partial charge < -0.3 is 9.84 Å². The summed E-state index contributed by atoms with van der Waals surface area (Å²) in [7, 11) is 1.79. The fraction of sp³-hybridized carbons (Fsp3) is 0.750. The Morgan fingerprint density at radius 1 is 1.12 bits per heavy atom. The lowest BCUT2D eigenvalue weighted by molar-refractivity contribution is 0.147. The molecule has 0 aliphatic heterocycles. The van der Waals surface area contributed by atoms with Gasteiger partial charge in [0, 0.05) is 20.3 Å². The van der Waals surface area contributed by atoms with Crippen molar-refractivity contribution < 1.29 is 9.84 Å². The van der Waals surface area contributed by atoms with Crippen molar-refractivity contribution in [2.45, 2.75) is 83.5 Å². The molecule has 2 nitrogen and oxygen atoms in total. The van der Waals surface area contributed by atoms with Crippen molar-refractivity contribution in [3.63, 3.8) is 0 Å². The summed E-state index contributed by atoms with van der Waals surface area (Å²) in [5.41, 5.74) is 4.89. The third-order valence-electron chi connectivity index (χ3n) is 6.96. The minimum atomic E-state index is 0.148. The Balaban J connectivity index is 1.48. The number of fused-ring (bicyclic) bond motifs is 1. The quantitative estimate of drug-likeness (QED) is 0.578. The van der Waals surface area contributed by atoms with E-state index in [2.05, 4.69) is 25.1 Å². The normalized spacial score (nSPS) is 28.3. The number of aliphatic hydroxyl groups is 1. The Morgan fingerprint density at radius 3 is 2.73 bits per heavy atom. The van der Waals surface area contributed by atoms with E-state index in [1.165, 1.54) is 63.4 Å². The van der Waals surface area contributed by atoms with Crippen LogP contribution in [0, 0.1) is 11.3 Å². The summed E-state index contributed by atoms with van der Waals surface area (Å²) in [6.45, 7) is 3.49. The van der Waals surface area contributed by atoms with Crippen LogP contribution in [0.1, 0.15) is 87.3 Å². The third kappa shape index (κ3) is 5.10. The van der Waals surface area contributed by atoms with Crippen LogP contribution in [-0.2, 0) is 17.6 Å². The summed E-state index contributed by atoms with van der Waals surface area (Å²) >= 11 is 0. The Morgan fingerprint density at radius 2 is 1.96 bits per heavy atom. The highest BCUT2D eigenvalue weighted by Gasteiger charge is 2.35. The van der Waals surface area contributed by atoms with Crippen LogP contribution in [0.15, 0.2) is 18.2 Å². The van der Waals surface area contributed by atoms with Crippen LogP contribution in [0.2, 0.25) is 0 Å². The molecule has 3 rings (SSSR count). The average molecular weight is 359 g/mol. The molecule has 146 valence electrons. The lowest BCUT2D eigenvalue weighted by Gasteiger charge is -2.26. The third-order valence-corrected chi connectivity index (χ3v) is 6.96. The van der Waals surface area contributed by atoms with Crippen molar-refractivity contribution in [1.29, 1.82) is 0 Å². The molecule has 1 fully saturated rings. The molecule has 2 aliphatic carbocycles. The molecule has 2 heteroatoms. The molecule has 0 saturated heterocycles. The first kappa shape index (κ1) is 19.9. The highest BCUT2D eigenvalue weighted by molar-refractivity contribution is 5.36. The van der Waals surface area contributed by atoms with Gasteiger partial charge in [-0.05, 0) is 78.9 Å². The van der Waals surface area contributed by atoms with E-state index in [9.17, 15) is 5.11 Å². The monoisotopic (exact) mass is 358 g/mol. The van der Waals surface area contributed by atoms with Gasteiger partial charge in [-0.15, -0.1) is 0 Å². The highest BCUT2D eigenvalue weighted by Crippen LogP contribution is 2.46. The smallest absolute Gasteiger partial charge is 0.0484 e. The number of aryl methyl sites for hydroxylation is 1. The Kier molecular flexibility index (Phi) is 7.17. The summed E-state index contributed by atoms with van der Waals surface area (Å²) in [6, 6.07) is 7.31. The van der Waals surface area contributed by atoms with E-state index >= 15 is 0 Å². The van der Waals surface area contributed by atoms with Gasteiger partial charge in [0.05, 0.1) is 0 Å². The molecule has 2 aliphatic rings. The molecule has 0 aromatic heterocycles. The molecule has 1 N–H and O–H groups in total. The van der Waals surface area contributed by atoms with Crippen LogP contribution in [0.5, 0.6) is 0 Å². The van der Waals surface area contributed by atoms with Crippen molar-refractivity contribution in [3.05, 3.63) is 34.9 Å². The predicted molar refractivity (Wildman–Crippen MR) is 109 cm³/mol. The van der Waals surface area contributed by atoms with Crippen LogP contribution in [0.25, 0.3) is 0 Å². The lowest BCUT2D eigenvalue weighted by atomic mass is 9.79. The number of rotatable bonds is 9. The molecule has 26 heavy (non-hydrogen) atoms. The Bertz CT molecular complexity index is 567. The zero-order valence-electron chi connectivity index (χ0n) is 16.9. The first-order valence-electron chi connectivity index (χ1n) is 10.8. The number of aliphatic hydroxyl groups excluding tert-OH is 1. The first-order chi connectivity index (χ1) is 12.6. The molecular weight excluding hydrogens is 320 g/mol. The zero-order chi connectivity index (χ0) is 18.4. The van der Waals surface area contributed by atoms with E-state index in [1.54, 1.807) is 18.2 Å². The van der Waals surface area contributed by atoms with Gasteiger partial charge in [0.2, 0.25) is 0 Å². The molecule has 1 saturated carbocycles. The maximum absolute atomic E-state index is 9.64. The molecular formula is C24H38O2. The molecule has 1 aromatic rings. The van der Waals surface area contributed by atoms with E-state index in [-0.39, 0.29) is 5.41 Å². The molecule has 0 bridgehead atoms. The predicted octanol–water partition coefficient (Wildman–Crippen LogP) is 5.65. The fourth-order valence-electron chi connectivity index (χ4n) is 5.13. The minimum absolute atomic E-state index is 0.148. The summed E-state index contributed by atoms with van der Waals surface area (Å²) in [5.74, 6) is 1.54. The van der Waals surface area contributed by atoms with Crippen molar-refractivity contribution in [2.24, 2.45) is 11.3 Å². The lowest BCUT2D eigenvalue weighted by Crippen LogP contribution is -2.17. The Hall–Kier alpha value is -0.860. The average Bonchev–Trinajstić information content (AvgIpc) is 3.07. The molecule has 0 radical (unpaired) electrons. The van der Waals surface area contributed by atoms with Gasteiger partial charge >= 0.3 is 0 Å². The molecule has 0 amide bonds. The van der Waals surface area contributed by atoms with Crippen LogP contribution < -0.4 is 0 Å². The fourth-order valence-corrected chi connectivity index (χ4v) is 5.13. The minimum Gasteiger partial charge on any atom is -0.396 e. The largest absolute Gasteiger partial charge is 0.396 e. The Labute approximate surface area is 160 Å². The van der Waals surface area contributed by atoms with Gasteiger partial charge in [0.15, 0.2) is 0 Å². The molecule has 0 spiro atoms. The number of unbranched alkanes of at least 4 members (excludes halogenated alkanes) is 3. The standard InChI is InChI=1S/C24H38O2/c1-24(18-25)13-12-23(17-24)22-11-10-20-15-19(8-9-21(20)16-22)7-5-3-4-6-14-26-2/h10-11,16,19,23,25H,3-9,12-15,17-18H2,1-2H3/t19-,23-,24-/m0/s1. The summed E-state index contributed by atoms with van der Waals surface area (Å²) in [5, 5.41) is 9.64. The molecule has 1 aromatic carbocycles. The molecule has 0 unspecified atom stereocenters. The van der Waals surface area contributed by atoms with Crippen LogP contribution in [0.4, 0.5) is 0 Å². The van der Waals surface area contributed by atoms with E-state index in [1.807, 2.05) is 0 Å². The van der Waals surface area contributed by atoms with E-state index in [0.29, 0.717) is 12.5 Å². The van der Waals surface area contributed by atoms with Crippen molar-refractivity contribution in [1.82, 2.24) is 0 Å².